The zero-order valence-corrected chi connectivity index (χ0v) is 20.3. The molecule has 0 saturated carbocycles. The Balaban J connectivity index is -0.0000000416. The van der Waals surface area contributed by atoms with E-state index in [1.165, 1.54) is 32.2 Å². The first-order chi connectivity index (χ1) is 11.2. The van der Waals surface area contributed by atoms with Crippen molar-refractivity contribution >= 4 is 0 Å². The van der Waals surface area contributed by atoms with Gasteiger partial charge in [-0.05, 0) is 54.6 Å². The number of hydrogen-bond donors (Lipinski definition) is 0. The third-order valence-corrected chi connectivity index (χ3v) is 1.59. The van der Waals surface area contributed by atoms with E-state index < -0.39 is 0 Å². The van der Waals surface area contributed by atoms with Crippen LogP contribution in [0.25, 0.3) is 0 Å². The van der Waals surface area contributed by atoms with E-state index in [0.717, 1.165) is 13.2 Å². The molecule has 0 aliphatic rings. The third-order valence-electron chi connectivity index (χ3n) is 1.59. The average molecular weight is 353 g/mol. The molecule has 3 heteroatoms. The first kappa shape index (κ1) is 39.1. The van der Waals surface area contributed by atoms with E-state index in [2.05, 4.69) is 98.1 Å². The molecule has 24 heavy (non-hydrogen) atoms. The molecule has 0 rings (SSSR count). The minimum atomic E-state index is 0.819. The summed E-state index contributed by atoms with van der Waals surface area (Å²) in [5, 5.41) is 0. The normalized spacial score (nSPS) is 8.00. The zero-order chi connectivity index (χ0) is 20.8. The number of rotatable bonds is 4. The largest absolute Gasteiger partial charge is 0.385 e. The van der Waals surface area contributed by atoms with Crippen molar-refractivity contribution in [3.63, 3.8) is 0 Å². The maximum absolute atomic E-state index is 4.54. The average Bonchev–Trinajstić information content (AvgIpc) is 2.50. The van der Waals surface area contributed by atoms with Crippen LogP contribution >= 0.6 is 0 Å². The van der Waals surface area contributed by atoms with Crippen LogP contribution in [-0.2, 0) is 4.74 Å². The lowest BCUT2D eigenvalue weighted by molar-refractivity contribution is 0.215. The highest BCUT2D eigenvalue weighted by Gasteiger charge is 1.79. The summed E-state index contributed by atoms with van der Waals surface area (Å²) in [4.78, 5) is 4.31. The smallest absolute Gasteiger partial charge is 0.0433 e. The van der Waals surface area contributed by atoms with Gasteiger partial charge in [0.15, 0.2) is 0 Å². The first-order valence-electron chi connectivity index (χ1n) is 9.98. The third kappa shape index (κ3) is 276. The second-order valence-electron chi connectivity index (χ2n) is 5.90. The minimum absolute atomic E-state index is 0.819. The molecule has 3 nitrogen and oxygen atoms in total. The SMILES string of the molecule is CCC.CCC.CCC.CCCN(C)C.CCN(C)C.CCOC. The van der Waals surface area contributed by atoms with Gasteiger partial charge in [0, 0.05) is 13.7 Å². The fourth-order valence-corrected chi connectivity index (χ4v) is 0.447. The van der Waals surface area contributed by atoms with Crippen LogP contribution in [0.3, 0.4) is 0 Å². The molecule has 0 aromatic heterocycles. The summed E-state index contributed by atoms with van der Waals surface area (Å²) >= 11 is 0. The second-order valence-corrected chi connectivity index (χ2v) is 5.90. The lowest BCUT2D eigenvalue weighted by Gasteiger charge is -2.03. The zero-order valence-electron chi connectivity index (χ0n) is 20.3. The number of ether oxygens (including phenoxy) is 1. The van der Waals surface area contributed by atoms with Crippen LogP contribution in [0.15, 0.2) is 0 Å². The van der Waals surface area contributed by atoms with Crippen molar-refractivity contribution in [1.82, 2.24) is 9.80 Å². The molecule has 0 aromatic rings. The summed E-state index contributed by atoms with van der Waals surface area (Å²) < 4.78 is 4.54. The Morgan fingerprint density at radius 3 is 0.792 bits per heavy atom. The number of methoxy groups -OCH3 is 1. The summed E-state index contributed by atoms with van der Waals surface area (Å²) in [6.45, 7) is 22.2. The standard InChI is InChI=1S/C5H13N.C4H11N.C3H8O.3C3H8/c1-4-5-6(2)3;1-4-5(2)3;1-3-4-2;3*1-3-2/h4-5H2,1-3H3;4H2,1-3H3;3H2,1-2H3;3*3H2,1-2H3. The molecule has 0 radical (unpaired) electrons. The van der Waals surface area contributed by atoms with Crippen LogP contribution in [-0.4, -0.2) is 64.8 Å². The van der Waals surface area contributed by atoms with Crippen molar-refractivity contribution in [2.75, 3.05) is 55.0 Å². The Morgan fingerprint density at radius 1 is 0.583 bits per heavy atom. The molecule has 0 heterocycles. The molecule has 0 N–H and O–H groups in total. The molecular formula is C21H56N2O. The van der Waals surface area contributed by atoms with Crippen molar-refractivity contribution < 1.29 is 4.74 Å². The maximum atomic E-state index is 4.54. The lowest BCUT2D eigenvalue weighted by Crippen LogP contribution is -2.11. The predicted octanol–water partition coefficient (Wildman–Crippen LogP) is 6.43. The molecule has 0 amide bonds. The van der Waals surface area contributed by atoms with E-state index in [9.17, 15) is 0 Å². The van der Waals surface area contributed by atoms with Crippen LogP contribution in [0.4, 0.5) is 0 Å². The predicted molar refractivity (Wildman–Crippen MR) is 119 cm³/mol. The molecule has 0 bridgehead atoms. The van der Waals surface area contributed by atoms with E-state index in [4.69, 9.17) is 0 Å². The fraction of sp³-hybridized carbons (Fsp3) is 1.00. The molecule has 0 aliphatic heterocycles. The highest BCUT2D eigenvalue weighted by atomic mass is 16.5. The van der Waals surface area contributed by atoms with Gasteiger partial charge in [-0.2, -0.15) is 0 Å². The van der Waals surface area contributed by atoms with Gasteiger partial charge in [0.2, 0.25) is 0 Å². The minimum Gasteiger partial charge on any atom is -0.385 e. The molecule has 0 spiro atoms. The van der Waals surface area contributed by atoms with Crippen LogP contribution < -0.4 is 0 Å². The van der Waals surface area contributed by atoms with E-state index in [1.54, 1.807) is 7.11 Å². The molecule has 156 valence electrons. The van der Waals surface area contributed by atoms with Crippen molar-refractivity contribution in [3.05, 3.63) is 0 Å². The van der Waals surface area contributed by atoms with Crippen molar-refractivity contribution in [2.24, 2.45) is 0 Å². The quantitative estimate of drug-likeness (QED) is 0.580. The van der Waals surface area contributed by atoms with Gasteiger partial charge in [0.1, 0.15) is 0 Å². The molecule has 0 fully saturated rings. The highest BCUT2D eigenvalue weighted by Crippen LogP contribution is 1.76. The molecule has 0 saturated heterocycles. The van der Waals surface area contributed by atoms with Crippen molar-refractivity contribution in [3.8, 4) is 0 Å². The Labute approximate surface area is 158 Å². The van der Waals surface area contributed by atoms with Crippen molar-refractivity contribution in [1.29, 1.82) is 0 Å². The van der Waals surface area contributed by atoms with E-state index in [-0.39, 0.29) is 0 Å². The lowest BCUT2D eigenvalue weighted by atomic mass is 10.5. The topological polar surface area (TPSA) is 15.7 Å². The Morgan fingerprint density at radius 2 is 0.792 bits per heavy atom. The van der Waals surface area contributed by atoms with Crippen molar-refractivity contribution in [2.45, 2.75) is 88.0 Å². The van der Waals surface area contributed by atoms with Crippen LogP contribution in [0.5, 0.6) is 0 Å². The van der Waals surface area contributed by atoms with Crippen LogP contribution in [0.1, 0.15) is 88.0 Å². The second kappa shape index (κ2) is 56.9. The van der Waals surface area contributed by atoms with Gasteiger partial charge in [0.05, 0.1) is 0 Å². The van der Waals surface area contributed by atoms with Crippen LogP contribution in [0, 0.1) is 0 Å². The van der Waals surface area contributed by atoms with Gasteiger partial charge < -0.3 is 14.5 Å². The molecular weight excluding hydrogens is 296 g/mol. The maximum Gasteiger partial charge on any atom is 0.0433 e. The summed E-state index contributed by atoms with van der Waals surface area (Å²) in [6.07, 6.45) is 5.01. The molecule has 0 aromatic carbocycles. The highest BCUT2D eigenvalue weighted by molar-refractivity contribution is 4.34. The molecule has 0 aliphatic carbocycles. The Hall–Kier alpha value is -0.120. The van der Waals surface area contributed by atoms with E-state index in [1.807, 2.05) is 6.92 Å². The number of nitrogens with zero attached hydrogens (tertiary/aromatic N) is 2. The molecule has 0 unspecified atom stereocenters. The van der Waals surface area contributed by atoms with Gasteiger partial charge in [-0.3, -0.25) is 0 Å². The molecule has 0 atom stereocenters. The summed E-state index contributed by atoms with van der Waals surface area (Å²) in [5.74, 6) is 0. The van der Waals surface area contributed by atoms with Gasteiger partial charge >= 0.3 is 0 Å². The summed E-state index contributed by atoms with van der Waals surface area (Å²) in [7, 11) is 9.97. The summed E-state index contributed by atoms with van der Waals surface area (Å²) in [5.41, 5.74) is 0. The summed E-state index contributed by atoms with van der Waals surface area (Å²) in [6, 6.07) is 0. The fourth-order valence-electron chi connectivity index (χ4n) is 0.447. The van der Waals surface area contributed by atoms with E-state index >= 15 is 0 Å². The Bertz CT molecular complexity index is 112. The Kier molecular flexibility index (Phi) is 92.6. The van der Waals surface area contributed by atoms with E-state index in [0.29, 0.717) is 0 Å². The van der Waals surface area contributed by atoms with Gasteiger partial charge in [-0.25, -0.2) is 0 Å². The van der Waals surface area contributed by atoms with Crippen LogP contribution in [0.2, 0.25) is 0 Å². The first-order valence-corrected chi connectivity index (χ1v) is 9.98. The van der Waals surface area contributed by atoms with Gasteiger partial charge in [0.25, 0.3) is 0 Å². The monoisotopic (exact) mass is 352 g/mol. The van der Waals surface area contributed by atoms with Gasteiger partial charge in [-0.1, -0.05) is 74.7 Å². The van der Waals surface area contributed by atoms with Gasteiger partial charge in [-0.15, -0.1) is 0 Å². The number of hydrogen-bond acceptors (Lipinski definition) is 3.